The fourth-order valence-corrected chi connectivity index (χ4v) is 5.75. The van der Waals surface area contributed by atoms with E-state index in [0.717, 1.165) is 46.8 Å². The zero-order valence-corrected chi connectivity index (χ0v) is 19.6. The molecule has 2 saturated heterocycles. The van der Waals surface area contributed by atoms with Gasteiger partial charge in [-0.1, -0.05) is 11.3 Å². The van der Waals surface area contributed by atoms with Gasteiger partial charge in [0.25, 0.3) is 0 Å². The van der Waals surface area contributed by atoms with Crippen LogP contribution < -0.4 is 0 Å². The molecule has 7 heterocycles. The summed E-state index contributed by atoms with van der Waals surface area (Å²) in [5, 5.41) is 8.72. The molecule has 0 aromatic carbocycles. The van der Waals surface area contributed by atoms with E-state index in [4.69, 9.17) is 4.98 Å². The van der Waals surface area contributed by atoms with Gasteiger partial charge in [0.05, 0.1) is 30.3 Å². The number of nitrogens with zero attached hydrogens (tertiary/aromatic N) is 8. The topological polar surface area (TPSA) is 69.1 Å². The third-order valence-electron chi connectivity index (χ3n) is 7.56. The molecule has 0 N–H and O–H groups in total. The lowest BCUT2D eigenvalue weighted by atomic mass is 9.80. The van der Waals surface area contributed by atoms with Crippen LogP contribution in [0.2, 0.25) is 0 Å². The Labute approximate surface area is 203 Å². The number of rotatable bonds is 6. The van der Waals surface area contributed by atoms with Crippen LogP contribution in [0.4, 0.5) is 0 Å². The third-order valence-corrected chi connectivity index (χ3v) is 7.56. The monoisotopic (exact) mass is 464 g/mol. The summed E-state index contributed by atoms with van der Waals surface area (Å²) < 4.78 is 6.02. The predicted molar refractivity (Wildman–Crippen MR) is 133 cm³/mol. The summed E-state index contributed by atoms with van der Waals surface area (Å²) in [7, 11) is 0. The molecule has 8 heteroatoms. The number of hydrogen-bond acceptors (Lipinski definition) is 5. The maximum absolute atomic E-state index is 4.81. The summed E-state index contributed by atoms with van der Waals surface area (Å²) in [5.74, 6) is 0.906. The number of aromatic nitrogens is 7. The van der Waals surface area contributed by atoms with Crippen molar-refractivity contribution in [2.45, 2.75) is 44.8 Å². The number of fused-ring (bicyclic) bond motifs is 4. The summed E-state index contributed by atoms with van der Waals surface area (Å²) in [6.45, 7) is 2.87. The molecule has 8 rings (SSSR count). The van der Waals surface area contributed by atoms with Crippen molar-refractivity contribution in [1.29, 1.82) is 0 Å². The molecule has 2 bridgehead atoms. The quantitative estimate of drug-likeness (QED) is 0.377. The van der Waals surface area contributed by atoms with Gasteiger partial charge in [0.15, 0.2) is 0 Å². The minimum atomic E-state index is 0.574. The van der Waals surface area contributed by atoms with Crippen LogP contribution in [0.5, 0.6) is 0 Å². The molecule has 176 valence electrons. The molecular formula is C27H28N8. The van der Waals surface area contributed by atoms with Gasteiger partial charge in [-0.05, 0) is 61.4 Å². The molecular weight excluding hydrogens is 436 g/mol. The highest BCUT2D eigenvalue weighted by Crippen LogP contribution is 2.35. The van der Waals surface area contributed by atoms with Gasteiger partial charge in [-0.25, -0.2) is 9.67 Å². The molecule has 2 aliphatic heterocycles. The highest BCUT2D eigenvalue weighted by atomic mass is 15.4. The molecule has 3 aliphatic rings. The van der Waals surface area contributed by atoms with Gasteiger partial charge >= 0.3 is 0 Å². The van der Waals surface area contributed by atoms with E-state index in [-0.39, 0.29) is 0 Å². The zero-order chi connectivity index (χ0) is 23.2. The largest absolute Gasteiger partial charge is 0.322 e. The summed E-state index contributed by atoms with van der Waals surface area (Å²) >= 11 is 0. The molecule has 0 radical (unpaired) electrons. The van der Waals surface area contributed by atoms with E-state index >= 15 is 0 Å². The summed E-state index contributed by atoms with van der Waals surface area (Å²) in [5.41, 5.74) is 6.02. The molecule has 0 atom stereocenters. The second-order valence-electron chi connectivity index (χ2n) is 9.96. The van der Waals surface area contributed by atoms with E-state index in [0.29, 0.717) is 6.54 Å². The number of pyridine rings is 2. The highest BCUT2D eigenvalue weighted by molar-refractivity contribution is 5.59. The highest BCUT2D eigenvalue weighted by Gasteiger charge is 2.33. The van der Waals surface area contributed by atoms with E-state index < -0.39 is 0 Å². The lowest BCUT2D eigenvalue weighted by Crippen LogP contribution is -2.47. The molecule has 35 heavy (non-hydrogen) atoms. The zero-order valence-electron chi connectivity index (χ0n) is 19.6. The molecule has 1 saturated carbocycles. The van der Waals surface area contributed by atoms with E-state index in [9.17, 15) is 0 Å². The van der Waals surface area contributed by atoms with Crippen molar-refractivity contribution in [2.75, 3.05) is 6.54 Å². The van der Waals surface area contributed by atoms with Gasteiger partial charge in [0.1, 0.15) is 11.3 Å². The number of hydrogen-bond donors (Lipinski definition) is 0. The Hall–Kier alpha value is -3.78. The van der Waals surface area contributed by atoms with Crippen LogP contribution in [0.25, 0.3) is 22.6 Å². The molecule has 0 amide bonds. The lowest BCUT2D eigenvalue weighted by molar-refractivity contribution is 0.0425. The van der Waals surface area contributed by atoms with Crippen LogP contribution in [0.1, 0.15) is 36.9 Å². The van der Waals surface area contributed by atoms with Crippen molar-refractivity contribution in [3.63, 3.8) is 0 Å². The summed E-state index contributed by atoms with van der Waals surface area (Å²) in [4.78, 5) is 11.9. The smallest absolute Gasteiger partial charge is 0.137 e. The molecule has 8 nitrogen and oxygen atoms in total. The maximum atomic E-state index is 4.81. The average molecular weight is 465 g/mol. The second-order valence-corrected chi connectivity index (χ2v) is 9.96. The first-order chi connectivity index (χ1) is 17.3. The normalized spacial score (nSPS) is 20.1. The molecule has 1 aliphatic carbocycles. The Morgan fingerprint density at radius 1 is 0.914 bits per heavy atom. The van der Waals surface area contributed by atoms with Gasteiger partial charge in [0.2, 0.25) is 0 Å². The van der Waals surface area contributed by atoms with Crippen LogP contribution in [-0.2, 0) is 13.1 Å². The first-order valence-corrected chi connectivity index (χ1v) is 12.5. The van der Waals surface area contributed by atoms with Crippen LogP contribution in [0.15, 0.2) is 73.7 Å². The van der Waals surface area contributed by atoms with E-state index in [1.165, 1.54) is 37.8 Å². The van der Waals surface area contributed by atoms with E-state index in [1.807, 2.05) is 52.4 Å². The van der Waals surface area contributed by atoms with E-state index in [2.05, 4.69) is 55.2 Å². The Morgan fingerprint density at radius 3 is 2.63 bits per heavy atom. The number of piperidine rings is 2. The molecule has 5 aromatic heterocycles. The lowest BCUT2D eigenvalue weighted by Gasteiger charge is -2.45. The van der Waals surface area contributed by atoms with Crippen molar-refractivity contribution in [3.8, 4) is 16.9 Å². The van der Waals surface area contributed by atoms with Crippen LogP contribution >= 0.6 is 0 Å². The minimum absolute atomic E-state index is 0.574. The molecule has 0 spiro atoms. The van der Waals surface area contributed by atoms with Crippen LogP contribution in [-0.4, -0.2) is 51.4 Å². The van der Waals surface area contributed by atoms with E-state index in [1.54, 1.807) is 0 Å². The van der Waals surface area contributed by atoms with Crippen molar-refractivity contribution < 1.29 is 0 Å². The van der Waals surface area contributed by atoms with Crippen molar-refractivity contribution >= 4 is 5.65 Å². The first-order valence-electron chi connectivity index (χ1n) is 12.5. The van der Waals surface area contributed by atoms with Gasteiger partial charge in [-0.15, -0.1) is 5.10 Å². The fraction of sp³-hybridized carbons (Fsp3) is 0.333. The van der Waals surface area contributed by atoms with Crippen LogP contribution in [0.3, 0.4) is 0 Å². The Bertz CT molecular complexity index is 1460. The molecule has 5 aromatic rings. The van der Waals surface area contributed by atoms with Gasteiger partial charge in [-0.3, -0.25) is 9.88 Å². The SMILES string of the molecule is c1ccn(-c2cncc(-c3cn(Cc4cn5cc(CN6CC7CCC6CC7)ccc5n4)nn3)c2)c1. The fourth-order valence-electron chi connectivity index (χ4n) is 5.75. The molecule has 3 fully saturated rings. The standard InChI is InChI=1S/C27H28N8/c1-2-10-32(9-1)25-11-22(12-28-13-25)26-19-35(31-30-26)18-23-17-34-16-21(5-8-27(34)29-23)15-33-14-20-3-6-24(33)7-4-20/h1-2,5,8-13,16-17,19-20,24H,3-4,6-7,14-15,18H2. The Balaban J connectivity index is 1.07. The molecule has 0 unspecified atom stereocenters. The minimum Gasteiger partial charge on any atom is -0.322 e. The van der Waals surface area contributed by atoms with Crippen molar-refractivity contribution in [2.24, 2.45) is 5.92 Å². The summed E-state index contributed by atoms with van der Waals surface area (Å²) in [6, 6.07) is 11.2. The third kappa shape index (κ3) is 4.04. The van der Waals surface area contributed by atoms with Crippen LogP contribution in [0, 0.1) is 5.92 Å². The Morgan fingerprint density at radius 2 is 1.80 bits per heavy atom. The van der Waals surface area contributed by atoms with Gasteiger partial charge in [-0.2, -0.15) is 0 Å². The Kier molecular flexibility index (Phi) is 4.98. The number of imidazole rings is 1. The predicted octanol–water partition coefficient (Wildman–Crippen LogP) is 4.20. The first kappa shape index (κ1) is 20.6. The van der Waals surface area contributed by atoms with Crippen molar-refractivity contribution in [3.05, 3.63) is 85.0 Å². The van der Waals surface area contributed by atoms with Crippen molar-refractivity contribution in [1.82, 2.24) is 38.8 Å². The average Bonchev–Trinajstić information content (AvgIpc) is 3.66. The maximum Gasteiger partial charge on any atom is 0.137 e. The van der Waals surface area contributed by atoms with Gasteiger partial charge in [0, 0.05) is 55.7 Å². The van der Waals surface area contributed by atoms with Gasteiger partial charge < -0.3 is 8.97 Å². The second kappa shape index (κ2) is 8.46. The summed E-state index contributed by atoms with van der Waals surface area (Å²) in [6.07, 6.45) is 19.5.